The Balaban J connectivity index is 1.95. The van der Waals surface area contributed by atoms with Gasteiger partial charge in [-0.3, -0.25) is 9.59 Å². The Morgan fingerprint density at radius 2 is 1.55 bits per heavy atom. The standard InChI is InChI=1S/C27H30N2O2/c1-20-10-9-14-23(16-20)19-29(26(30)18-24-15-8-7-11-21(24)2)25(27(31)28-3)17-22-12-5-4-6-13-22/h4-16,25H,17-19H2,1-3H3,(H,28,31)/t25-/m0/s1. The van der Waals surface area contributed by atoms with E-state index < -0.39 is 6.04 Å². The van der Waals surface area contributed by atoms with Gasteiger partial charge in [-0.2, -0.15) is 0 Å². The van der Waals surface area contributed by atoms with Gasteiger partial charge in [-0.1, -0.05) is 84.4 Å². The summed E-state index contributed by atoms with van der Waals surface area (Å²) in [4.78, 5) is 28.2. The normalized spacial score (nSPS) is 11.6. The lowest BCUT2D eigenvalue weighted by atomic mass is 10.00. The first kappa shape index (κ1) is 22.3. The number of amides is 2. The molecule has 0 aromatic heterocycles. The van der Waals surface area contributed by atoms with Crippen molar-refractivity contribution in [3.05, 3.63) is 107 Å². The van der Waals surface area contributed by atoms with Crippen molar-refractivity contribution >= 4 is 11.8 Å². The van der Waals surface area contributed by atoms with Gasteiger partial charge in [-0.25, -0.2) is 0 Å². The fourth-order valence-electron chi connectivity index (χ4n) is 3.80. The summed E-state index contributed by atoms with van der Waals surface area (Å²) in [7, 11) is 1.62. The summed E-state index contributed by atoms with van der Waals surface area (Å²) >= 11 is 0. The molecule has 1 N–H and O–H groups in total. The largest absolute Gasteiger partial charge is 0.357 e. The zero-order valence-electron chi connectivity index (χ0n) is 18.5. The maximum atomic E-state index is 13.6. The number of likely N-dealkylation sites (N-methyl/N-ethyl adjacent to an activating group) is 1. The van der Waals surface area contributed by atoms with E-state index >= 15 is 0 Å². The van der Waals surface area contributed by atoms with E-state index in [2.05, 4.69) is 11.4 Å². The second kappa shape index (κ2) is 10.6. The van der Waals surface area contributed by atoms with E-state index in [9.17, 15) is 9.59 Å². The number of carbonyl (C=O) groups is 2. The van der Waals surface area contributed by atoms with Crippen molar-refractivity contribution in [1.29, 1.82) is 0 Å². The van der Waals surface area contributed by atoms with Crippen molar-refractivity contribution in [2.45, 2.75) is 39.3 Å². The molecule has 0 aliphatic rings. The van der Waals surface area contributed by atoms with Gasteiger partial charge in [0.25, 0.3) is 0 Å². The fourth-order valence-corrected chi connectivity index (χ4v) is 3.80. The van der Waals surface area contributed by atoms with E-state index in [-0.39, 0.29) is 18.2 Å². The number of hydrogen-bond donors (Lipinski definition) is 1. The first-order valence-electron chi connectivity index (χ1n) is 10.6. The van der Waals surface area contributed by atoms with Gasteiger partial charge in [0.2, 0.25) is 11.8 Å². The summed E-state index contributed by atoms with van der Waals surface area (Å²) < 4.78 is 0. The van der Waals surface area contributed by atoms with Crippen LogP contribution in [0.5, 0.6) is 0 Å². The summed E-state index contributed by atoms with van der Waals surface area (Å²) in [5.74, 6) is -0.213. The average molecular weight is 415 g/mol. The maximum Gasteiger partial charge on any atom is 0.242 e. The number of nitrogens with one attached hydrogen (secondary N) is 1. The molecule has 3 aromatic carbocycles. The smallest absolute Gasteiger partial charge is 0.242 e. The van der Waals surface area contributed by atoms with Crippen molar-refractivity contribution in [2.24, 2.45) is 0 Å². The van der Waals surface area contributed by atoms with E-state index in [1.807, 2.05) is 86.6 Å². The fraction of sp³-hybridized carbons (Fsp3) is 0.259. The van der Waals surface area contributed by atoms with E-state index in [0.717, 1.165) is 27.8 Å². The zero-order chi connectivity index (χ0) is 22.2. The summed E-state index contributed by atoms with van der Waals surface area (Å²) in [6, 6.07) is 25.2. The van der Waals surface area contributed by atoms with Crippen LogP contribution in [0.15, 0.2) is 78.9 Å². The van der Waals surface area contributed by atoms with Crippen LogP contribution in [0.3, 0.4) is 0 Å². The van der Waals surface area contributed by atoms with E-state index in [4.69, 9.17) is 0 Å². The lowest BCUT2D eigenvalue weighted by molar-refractivity contribution is -0.140. The SMILES string of the molecule is CNC(=O)[C@H](Cc1ccccc1)N(Cc1cccc(C)c1)C(=O)Cc1ccccc1C. The first-order valence-corrected chi connectivity index (χ1v) is 10.6. The molecule has 3 aromatic rings. The van der Waals surface area contributed by atoms with Crippen molar-refractivity contribution in [3.8, 4) is 0 Å². The van der Waals surface area contributed by atoms with Gasteiger partial charge in [-0.05, 0) is 36.1 Å². The molecular formula is C27H30N2O2. The molecule has 0 bridgehead atoms. The van der Waals surface area contributed by atoms with Crippen LogP contribution in [-0.4, -0.2) is 29.8 Å². The molecule has 0 spiro atoms. The molecule has 0 fully saturated rings. The molecule has 0 saturated carbocycles. The van der Waals surface area contributed by atoms with Crippen LogP contribution >= 0.6 is 0 Å². The molecule has 1 atom stereocenters. The second-order valence-corrected chi connectivity index (χ2v) is 7.93. The molecule has 0 saturated heterocycles. The third kappa shape index (κ3) is 6.05. The summed E-state index contributed by atoms with van der Waals surface area (Å²) in [6.45, 7) is 4.42. The van der Waals surface area contributed by atoms with Crippen molar-refractivity contribution in [2.75, 3.05) is 7.05 Å². The van der Waals surface area contributed by atoms with Gasteiger partial charge in [0.1, 0.15) is 6.04 Å². The number of aryl methyl sites for hydroxylation is 2. The van der Waals surface area contributed by atoms with Crippen LogP contribution in [0.25, 0.3) is 0 Å². The number of benzene rings is 3. The average Bonchev–Trinajstić information content (AvgIpc) is 2.78. The monoisotopic (exact) mass is 414 g/mol. The molecular weight excluding hydrogens is 384 g/mol. The topological polar surface area (TPSA) is 49.4 Å². The molecule has 3 rings (SSSR count). The van der Waals surface area contributed by atoms with Crippen LogP contribution in [0.4, 0.5) is 0 Å². The molecule has 0 aliphatic carbocycles. The number of nitrogens with zero attached hydrogens (tertiary/aromatic N) is 1. The molecule has 4 nitrogen and oxygen atoms in total. The Morgan fingerprint density at radius 3 is 2.23 bits per heavy atom. The minimum atomic E-state index is -0.593. The Labute approximate surface area is 184 Å². The molecule has 31 heavy (non-hydrogen) atoms. The zero-order valence-corrected chi connectivity index (χ0v) is 18.5. The predicted octanol–water partition coefficient (Wildman–Crippen LogP) is 4.23. The number of rotatable bonds is 8. The highest BCUT2D eigenvalue weighted by atomic mass is 16.2. The highest BCUT2D eigenvalue weighted by molar-refractivity contribution is 5.88. The lowest BCUT2D eigenvalue weighted by Crippen LogP contribution is -2.50. The molecule has 4 heteroatoms. The molecule has 0 unspecified atom stereocenters. The Kier molecular flexibility index (Phi) is 7.60. The van der Waals surface area contributed by atoms with Gasteiger partial charge in [-0.15, -0.1) is 0 Å². The molecule has 2 amide bonds. The maximum absolute atomic E-state index is 13.6. The van der Waals surface area contributed by atoms with Crippen LogP contribution in [0, 0.1) is 13.8 Å². The van der Waals surface area contributed by atoms with Gasteiger partial charge in [0.05, 0.1) is 6.42 Å². The Hall–Kier alpha value is -3.40. The van der Waals surface area contributed by atoms with Crippen LogP contribution in [0.2, 0.25) is 0 Å². The van der Waals surface area contributed by atoms with Gasteiger partial charge >= 0.3 is 0 Å². The Bertz CT molecular complexity index is 1030. The minimum Gasteiger partial charge on any atom is -0.357 e. The van der Waals surface area contributed by atoms with E-state index in [0.29, 0.717) is 13.0 Å². The van der Waals surface area contributed by atoms with Gasteiger partial charge in [0, 0.05) is 20.0 Å². The molecule has 160 valence electrons. The summed E-state index contributed by atoms with van der Waals surface area (Å²) in [6.07, 6.45) is 0.729. The van der Waals surface area contributed by atoms with E-state index in [1.165, 1.54) is 0 Å². The van der Waals surface area contributed by atoms with Gasteiger partial charge < -0.3 is 10.2 Å². The summed E-state index contributed by atoms with van der Waals surface area (Å²) in [5.41, 5.74) is 5.22. The number of hydrogen-bond acceptors (Lipinski definition) is 2. The van der Waals surface area contributed by atoms with Crippen LogP contribution in [0.1, 0.15) is 27.8 Å². The Morgan fingerprint density at radius 1 is 0.871 bits per heavy atom. The third-order valence-electron chi connectivity index (χ3n) is 5.56. The third-order valence-corrected chi connectivity index (χ3v) is 5.56. The van der Waals surface area contributed by atoms with Crippen LogP contribution < -0.4 is 5.32 Å². The van der Waals surface area contributed by atoms with Crippen molar-refractivity contribution < 1.29 is 9.59 Å². The molecule has 0 heterocycles. The summed E-state index contributed by atoms with van der Waals surface area (Å²) in [5, 5.41) is 2.76. The molecule has 0 aliphatic heterocycles. The van der Waals surface area contributed by atoms with Crippen molar-refractivity contribution in [1.82, 2.24) is 10.2 Å². The predicted molar refractivity (Wildman–Crippen MR) is 125 cm³/mol. The highest BCUT2D eigenvalue weighted by Gasteiger charge is 2.30. The van der Waals surface area contributed by atoms with E-state index in [1.54, 1.807) is 11.9 Å². The lowest BCUT2D eigenvalue weighted by Gasteiger charge is -2.31. The highest BCUT2D eigenvalue weighted by Crippen LogP contribution is 2.18. The first-order chi connectivity index (χ1) is 15.0. The number of carbonyl (C=O) groups excluding carboxylic acids is 2. The quantitative estimate of drug-likeness (QED) is 0.600. The second-order valence-electron chi connectivity index (χ2n) is 7.93. The van der Waals surface area contributed by atoms with Crippen molar-refractivity contribution in [3.63, 3.8) is 0 Å². The molecule has 0 radical (unpaired) electrons. The van der Waals surface area contributed by atoms with Gasteiger partial charge in [0.15, 0.2) is 0 Å². The minimum absolute atomic E-state index is 0.0552. The van der Waals surface area contributed by atoms with Crippen LogP contribution in [-0.2, 0) is 29.0 Å².